The van der Waals surface area contributed by atoms with Gasteiger partial charge in [-0.05, 0) is 23.8 Å². The minimum Gasteiger partial charge on any atom is -0.454 e. The summed E-state index contributed by atoms with van der Waals surface area (Å²) in [6.07, 6.45) is 3.32. The first-order valence-corrected chi connectivity index (χ1v) is 11.1. The van der Waals surface area contributed by atoms with E-state index in [1.54, 1.807) is 30.6 Å². The Bertz CT molecular complexity index is 1200. The van der Waals surface area contributed by atoms with E-state index in [1.807, 2.05) is 35.2 Å². The van der Waals surface area contributed by atoms with Crippen LogP contribution in [0.5, 0.6) is 11.5 Å². The molecule has 0 spiro atoms. The lowest BCUT2D eigenvalue weighted by molar-refractivity contribution is 0.0278. The number of carbonyl (C=O) groups excluding carboxylic acids is 2. The topological polar surface area (TPSA) is 72.0 Å². The van der Waals surface area contributed by atoms with Crippen molar-refractivity contribution in [2.45, 2.75) is 12.1 Å². The van der Waals surface area contributed by atoms with Gasteiger partial charge in [0, 0.05) is 61.8 Å². The number of hydrogen-bond acceptors (Lipinski definition) is 7. The lowest BCUT2D eigenvalue weighted by atomic mass is 9.83. The Hall–Kier alpha value is -3.55. The van der Waals surface area contributed by atoms with Gasteiger partial charge < -0.3 is 9.47 Å². The molecule has 3 aliphatic rings. The molecular weight excluding hydrogens is 418 g/mol. The van der Waals surface area contributed by atoms with E-state index in [0.717, 1.165) is 36.7 Å². The minimum atomic E-state index is -1.34. The van der Waals surface area contributed by atoms with Gasteiger partial charge in [0.25, 0.3) is 0 Å². The molecule has 0 N–H and O–H groups in total. The van der Waals surface area contributed by atoms with Crippen molar-refractivity contribution in [2.24, 2.45) is 0 Å². The van der Waals surface area contributed by atoms with Crippen molar-refractivity contribution < 1.29 is 19.1 Å². The number of benzene rings is 2. The van der Waals surface area contributed by atoms with Gasteiger partial charge >= 0.3 is 0 Å². The van der Waals surface area contributed by atoms with Crippen LogP contribution in [-0.4, -0.2) is 59.3 Å². The van der Waals surface area contributed by atoms with Crippen LogP contribution in [-0.2, 0) is 12.1 Å². The van der Waals surface area contributed by atoms with Crippen molar-refractivity contribution in [3.8, 4) is 11.5 Å². The van der Waals surface area contributed by atoms with Crippen LogP contribution in [0, 0.1) is 0 Å². The highest BCUT2D eigenvalue weighted by Gasteiger charge is 2.58. The maximum atomic E-state index is 13.8. The first-order valence-electron chi connectivity index (χ1n) is 11.1. The summed E-state index contributed by atoms with van der Waals surface area (Å²) in [6.45, 7) is 3.72. The molecule has 166 valence electrons. The van der Waals surface area contributed by atoms with Crippen LogP contribution in [0.4, 0.5) is 0 Å². The molecule has 6 rings (SSSR count). The molecule has 0 radical (unpaired) electrons. The van der Waals surface area contributed by atoms with E-state index in [4.69, 9.17) is 9.47 Å². The summed E-state index contributed by atoms with van der Waals surface area (Å²) in [6, 6.07) is 16.8. The number of ether oxygens (including phenoxy) is 2. The number of rotatable bonds is 4. The first-order chi connectivity index (χ1) is 16.2. The summed E-state index contributed by atoms with van der Waals surface area (Å²) in [4.78, 5) is 36.2. The highest BCUT2D eigenvalue weighted by molar-refractivity contribution is 6.32. The van der Waals surface area contributed by atoms with Crippen molar-refractivity contribution in [3.63, 3.8) is 0 Å². The molecule has 2 aliphatic heterocycles. The van der Waals surface area contributed by atoms with E-state index in [0.29, 0.717) is 29.8 Å². The molecule has 0 atom stereocenters. The molecule has 3 aromatic rings. The van der Waals surface area contributed by atoms with Crippen molar-refractivity contribution in [1.29, 1.82) is 0 Å². The van der Waals surface area contributed by atoms with Crippen molar-refractivity contribution in [1.82, 2.24) is 14.8 Å². The minimum absolute atomic E-state index is 0.152. The summed E-state index contributed by atoms with van der Waals surface area (Å²) < 4.78 is 10.9. The van der Waals surface area contributed by atoms with E-state index in [-0.39, 0.29) is 18.4 Å². The molecule has 1 fully saturated rings. The average Bonchev–Trinajstić information content (AvgIpc) is 3.42. The highest BCUT2D eigenvalue weighted by Crippen LogP contribution is 2.42. The van der Waals surface area contributed by atoms with Gasteiger partial charge in [-0.15, -0.1) is 0 Å². The van der Waals surface area contributed by atoms with Gasteiger partial charge in [0.15, 0.2) is 28.6 Å². The number of piperazine rings is 1. The van der Waals surface area contributed by atoms with Crippen LogP contribution in [0.2, 0.25) is 0 Å². The van der Waals surface area contributed by atoms with Crippen LogP contribution < -0.4 is 9.47 Å². The van der Waals surface area contributed by atoms with E-state index in [9.17, 15) is 9.59 Å². The van der Waals surface area contributed by atoms with Crippen molar-refractivity contribution in [3.05, 3.63) is 89.2 Å². The monoisotopic (exact) mass is 441 g/mol. The van der Waals surface area contributed by atoms with Crippen LogP contribution in [0.25, 0.3) is 0 Å². The molecule has 3 heterocycles. The predicted molar refractivity (Wildman–Crippen MR) is 120 cm³/mol. The molecule has 0 unspecified atom stereocenters. The zero-order valence-electron chi connectivity index (χ0n) is 18.1. The number of aromatic nitrogens is 1. The average molecular weight is 441 g/mol. The number of fused-ring (bicyclic) bond motifs is 2. The maximum Gasteiger partial charge on any atom is 0.231 e. The van der Waals surface area contributed by atoms with Crippen molar-refractivity contribution in [2.75, 3.05) is 33.0 Å². The molecule has 0 bridgehead atoms. The number of pyridine rings is 1. The van der Waals surface area contributed by atoms with Gasteiger partial charge in [-0.1, -0.05) is 36.4 Å². The third kappa shape index (κ3) is 3.08. The number of hydrogen-bond donors (Lipinski definition) is 0. The Labute approximate surface area is 191 Å². The quantitative estimate of drug-likeness (QED) is 0.577. The summed E-state index contributed by atoms with van der Waals surface area (Å²) >= 11 is 0. The second kappa shape index (κ2) is 7.79. The number of ketones is 2. The van der Waals surface area contributed by atoms with Crippen LogP contribution >= 0.6 is 0 Å². The smallest absolute Gasteiger partial charge is 0.231 e. The molecule has 0 amide bonds. The summed E-state index contributed by atoms with van der Waals surface area (Å²) in [5.74, 6) is 1.25. The molecule has 1 aliphatic carbocycles. The van der Waals surface area contributed by atoms with Crippen LogP contribution in [0.3, 0.4) is 0 Å². The van der Waals surface area contributed by atoms with Crippen molar-refractivity contribution >= 4 is 11.6 Å². The largest absolute Gasteiger partial charge is 0.454 e. The van der Waals surface area contributed by atoms with Gasteiger partial charge in [0.05, 0.1) is 0 Å². The number of nitrogens with zero attached hydrogens (tertiary/aromatic N) is 3. The summed E-state index contributed by atoms with van der Waals surface area (Å²) in [7, 11) is 0. The van der Waals surface area contributed by atoms with Crippen LogP contribution in [0.15, 0.2) is 67.0 Å². The fourth-order valence-electron chi connectivity index (χ4n) is 5.22. The fraction of sp³-hybridized carbons (Fsp3) is 0.269. The van der Waals surface area contributed by atoms with Gasteiger partial charge in [-0.2, -0.15) is 0 Å². The Balaban J connectivity index is 1.27. The lowest BCUT2D eigenvalue weighted by Gasteiger charge is -2.43. The van der Waals surface area contributed by atoms with Crippen LogP contribution in [0.1, 0.15) is 31.8 Å². The molecule has 33 heavy (non-hydrogen) atoms. The lowest BCUT2D eigenvalue weighted by Crippen LogP contribution is -2.60. The second-order valence-corrected chi connectivity index (χ2v) is 8.61. The Morgan fingerprint density at radius 2 is 1.58 bits per heavy atom. The van der Waals surface area contributed by atoms with E-state index in [2.05, 4.69) is 16.0 Å². The standard InChI is InChI=1S/C26H23N3O4/c30-24-20-5-1-2-6-21(20)25(31)26(24,19-4-3-9-27-15-19)29-12-10-28(11-13-29)16-18-7-8-22-23(14-18)33-17-32-22/h1-9,14-15H,10-13,16-17H2. The number of Topliss-reactive ketones (excluding diaryl/α,β-unsaturated/α-hetero) is 2. The zero-order chi connectivity index (χ0) is 22.4. The Morgan fingerprint density at radius 1 is 0.848 bits per heavy atom. The Morgan fingerprint density at radius 3 is 2.27 bits per heavy atom. The van der Waals surface area contributed by atoms with Gasteiger partial charge in [0.1, 0.15) is 0 Å². The SMILES string of the molecule is O=C1c2ccccc2C(=O)C1(c1cccnc1)N1CCN(Cc2ccc3c(c2)OCO3)CC1. The summed E-state index contributed by atoms with van der Waals surface area (Å²) in [5.41, 5.74) is 1.43. The first kappa shape index (κ1) is 20.1. The van der Waals surface area contributed by atoms with Gasteiger partial charge in [0.2, 0.25) is 6.79 Å². The van der Waals surface area contributed by atoms with Gasteiger partial charge in [-0.3, -0.25) is 24.4 Å². The van der Waals surface area contributed by atoms with E-state index < -0.39 is 5.54 Å². The molecule has 7 nitrogen and oxygen atoms in total. The third-order valence-corrected chi connectivity index (χ3v) is 6.84. The summed E-state index contributed by atoms with van der Waals surface area (Å²) in [5, 5.41) is 0. The second-order valence-electron chi connectivity index (χ2n) is 8.61. The van der Waals surface area contributed by atoms with E-state index in [1.165, 1.54) is 0 Å². The van der Waals surface area contributed by atoms with Gasteiger partial charge in [-0.25, -0.2) is 0 Å². The Kier molecular flexibility index (Phi) is 4.74. The molecule has 2 aromatic carbocycles. The maximum absolute atomic E-state index is 13.8. The normalized spacial score (nSPS) is 19.6. The molecule has 0 saturated carbocycles. The highest BCUT2D eigenvalue weighted by atomic mass is 16.7. The molecule has 1 aromatic heterocycles. The zero-order valence-corrected chi connectivity index (χ0v) is 18.1. The molecule has 7 heteroatoms. The molecular formula is C26H23N3O4. The fourth-order valence-corrected chi connectivity index (χ4v) is 5.22. The molecule has 1 saturated heterocycles. The predicted octanol–water partition coefficient (Wildman–Crippen LogP) is 2.90. The number of carbonyl (C=O) groups is 2. The van der Waals surface area contributed by atoms with E-state index >= 15 is 0 Å². The third-order valence-electron chi connectivity index (χ3n) is 6.84.